The molecule has 1 rings (SSSR count). The molecule has 5 heteroatoms. The normalized spacial score (nSPS) is 13.8. The largest absolute Gasteiger partial charge is 0.711 e. The molecule has 0 saturated heterocycles. The summed E-state index contributed by atoms with van der Waals surface area (Å²) in [5.41, 5.74) is 5.87. The summed E-state index contributed by atoms with van der Waals surface area (Å²) in [6.45, 7) is 6.43. The first-order chi connectivity index (χ1) is 7.29. The molecule has 0 aliphatic carbocycles. The number of hydrogen-bond acceptors (Lipinski definition) is 4. The Kier molecular flexibility index (Phi) is 3.72. The van der Waals surface area contributed by atoms with Crippen molar-refractivity contribution in [1.29, 1.82) is 0 Å². The molecule has 0 saturated carbocycles. The number of β-amino-alcohol motifs (C(OH)–C–C–N with tert-alkyl or cyclic N) is 1. The third-order valence-electron chi connectivity index (χ3n) is 2.18. The summed E-state index contributed by atoms with van der Waals surface area (Å²) in [5, 5.41) is 24.2. The van der Waals surface area contributed by atoms with Crippen LogP contribution in [-0.4, -0.2) is 17.2 Å². The second kappa shape index (κ2) is 4.67. The monoisotopic (exact) mass is 225 g/mol. The van der Waals surface area contributed by atoms with Crippen LogP contribution in [0.3, 0.4) is 0 Å². The van der Waals surface area contributed by atoms with Crippen LogP contribution in [0.4, 0.5) is 5.82 Å². The van der Waals surface area contributed by atoms with Crippen LogP contribution < -0.4 is 15.8 Å². The number of hydrogen-bond donors (Lipinski definition) is 3. The van der Waals surface area contributed by atoms with Gasteiger partial charge in [0.15, 0.2) is 0 Å². The molecule has 5 nitrogen and oxygen atoms in total. The van der Waals surface area contributed by atoms with Gasteiger partial charge in [0.1, 0.15) is 0 Å². The highest BCUT2D eigenvalue weighted by Gasteiger charge is 2.14. The number of aliphatic hydroxyl groups excluding tert-OH is 1. The van der Waals surface area contributed by atoms with Crippen molar-refractivity contribution in [3.8, 4) is 0 Å². The number of nitrogens with one attached hydrogen (secondary N) is 1. The molecular weight excluding hydrogens is 206 g/mol. The molecule has 0 spiro atoms. The Morgan fingerprint density at radius 1 is 1.50 bits per heavy atom. The predicted octanol–water partition coefficient (Wildman–Crippen LogP) is 0.324. The minimum atomic E-state index is -0.708. The molecule has 0 unspecified atom stereocenters. The minimum absolute atomic E-state index is 0.0672. The molecule has 1 heterocycles. The molecule has 1 aromatic heterocycles. The van der Waals surface area contributed by atoms with Crippen molar-refractivity contribution in [3.05, 3.63) is 29.1 Å². The number of pyridine rings is 1. The quantitative estimate of drug-likeness (QED) is 0.511. The number of nitrogens with zero attached hydrogens (tertiary/aromatic N) is 1. The Morgan fingerprint density at radius 3 is 2.62 bits per heavy atom. The van der Waals surface area contributed by atoms with Gasteiger partial charge in [0, 0.05) is 23.7 Å². The van der Waals surface area contributed by atoms with Crippen LogP contribution in [0.15, 0.2) is 18.3 Å². The molecule has 0 aliphatic rings. The van der Waals surface area contributed by atoms with Crippen LogP contribution >= 0.6 is 0 Å². The van der Waals surface area contributed by atoms with Gasteiger partial charge in [0.25, 0.3) is 5.82 Å². The van der Waals surface area contributed by atoms with Crippen molar-refractivity contribution >= 4 is 5.82 Å². The molecule has 1 aromatic rings. The summed E-state index contributed by atoms with van der Waals surface area (Å²) in [6.07, 6.45) is 0.588. The highest BCUT2D eigenvalue weighted by molar-refractivity contribution is 5.24. The summed E-state index contributed by atoms with van der Waals surface area (Å²) < 4.78 is 0.551. The topological polar surface area (TPSA) is 85.2 Å². The molecule has 1 atom stereocenters. The van der Waals surface area contributed by atoms with E-state index in [0.717, 1.165) is 0 Å². The number of rotatable bonds is 3. The summed E-state index contributed by atoms with van der Waals surface area (Å²) in [6, 6.07) is 3.14. The third-order valence-corrected chi connectivity index (χ3v) is 2.18. The summed E-state index contributed by atoms with van der Waals surface area (Å²) in [7, 11) is 0. The third kappa shape index (κ3) is 3.67. The average molecular weight is 225 g/mol. The van der Waals surface area contributed by atoms with Crippen molar-refractivity contribution < 1.29 is 9.84 Å². The zero-order chi connectivity index (χ0) is 12.3. The van der Waals surface area contributed by atoms with Gasteiger partial charge in [-0.15, -0.1) is 0 Å². The zero-order valence-electron chi connectivity index (χ0n) is 9.90. The average Bonchev–Trinajstić information content (AvgIpc) is 2.17. The molecule has 4 N–H and O–H groups in total. The highest BCUT2D eigenvalue weighted by atomic mass is 16.5. The zero-order valence-corrected chi connectivity index (χ0v) is 9.90. The molecule has 0 amide bonds. The second-order valence-corrected chi connectivity index (χ2v) is 4.86. The van der Waals surface area contributed by atoms with E-state index in [0.29, 0.717) is 16.8 Å². The van der Waals surface area contributed by atoms with E-state index in [1.165, 1.54) is 12.3 Å². The first-order valence-corrected chi connectivity index (χ1v) is 5.21. The van der Waals surface area contributed by atoms with Gasteiger partial charge in [-0.25, -0.2) is 4.73 Å². The summed E-state index contributed by atoms with van der Waals surface area (Å²) in [4.78, 5) is 0. The number of anilines is 1. The molecule has 0 bridgehead atoms. The summed E-state index contributed by atoms with van der Waals surface area (Å²) >= 11 is 0. The van der Waals surface area contributed by atoms with Crippen LogP contribution in [0, 0.1) is 5.21 Å². The maximum absolute atomic E-state index is 11.2. The Balaban J connectivity index is 2.66. The lowest BCUT2D eigenvalue weighted by Gasteiger charge is -2.23. The maximum atomic E-state index is 11.2. The molecule has 16 heavy (non-hydrogen) atoms. The number of aliphatic hydroxyl groups is 1. The molecule has 0 aliphatic heterocycles. The molecule has 0 fully saturated rings. The van der Waals surface area contributed by atoms with E-state index in [-0.39, 0.29) is 11.4 Å². The highest BCUT2D eigenvalue weighted by Crippen LogP contribution is 2.12. The predicted molar refractivity (Wildman–Crippen MR) is 62.5 cm³/mol. The van der Waals surface area contributed by atoms with Gasteiger partial charge >= 0.3 is 0 Å². The fraction of sp³-hybridized carbons (Fsp3) is 0.545. The maximum Gasteiger partial charge on any atom is 0.275 e. The van der Waals surface area contributed by atoms with Crippen molar-refractivity contribution in [1.82, 2.24) is 5.32 Å². The Bertz CT molecular complexity index is 361. The molecule has 0 radical (unpaired) electrons. The Morgan fingerprint density at radius 2 is 2.12 bits per heavy atom. The first-order valence-electron chi connectivity index (χ1n) is 5.21. The fourth-order valence-corrected chi connectivity index (χ4v) is 1.23. The Hall–Kier alpha value is -1.33. The second-order valence-electron chi connectivity index (χ2n) is 4.86. The van der Waals surface area contributed by atoms with Crippen LogP contribution in [-0.2, 0) is 0 Å². The number of nitrogen functional groups attached to an aromatic ring is 1. The van der Waals surface area contributed by atoms with E-state index in [1.807, 2.05) is 20.8 Å². The number of nitrogens with two attached hydrogens (primary N) is 1. The minimum Gasteiger partial charge on any atom is -0.711 e. The van der Waals surface area contributed by atoms with Crippen LogP contribution in [0.2, 0.25) is 0 Å². The van der Waals surface area contributed by atoms with Crippen LogP contribution in [0.1, 0.15) is 32.4 Å². The lowest BCUT2D eigenvalue weighted by atomic mass is 10.1. The first kappa shape index (κ1) is 12.7. The van der Waals surface area contributed by atoms with Gasteiger partial charge in [0.05, 0.1) is 12.3 Å². The lowest BCUT2D eigenvalue weighted by molar-refractivity contribution is -0.590. The lowest BCUT2D eigenvalue weighted by Crippen LogP contribution is -2.39. The van der Waals surface area contributed by atoms with Crippen LogP contribution in [0.25, 0.3) is 0 Å². The van der Waals surface area contributed by atoms with E-state index in [4.69, 9.17) is 5.73 Å². The van der Waals surface area contributed by atoms with Crippen LogP contribution in [0.5, 0.6) is 0 Å². The molecular formula is C11H19N3O2. The molecule has 0 aromatic carbocycles. The smallest absolute Gasteiger partial charge is 0.275 e. The number of aromatic nitrogens is 1. The standard InChI is InChI=1S/C11H19N3O2/c1-11(2,3)13-6-9(15)8-4-5-10(12)14(16)7-8/h4-5,7,9,13,15H,6,12H2,1-3H3/t9-/m0/s1. The fourth-order valence-electron chi connectivity index (χ4n) is 1.23. The van der Waals surface area contributed by atoms with E-state index in [9.17, 15) is 10.3 Å². The van der Waals surface area contributed by atoms with Crippen molar-refractivity contribution in [3.63, 3.8) is 0 Å². The van der Waals surface area contributed by atoms with E-state index < -0.39 is 6.10 Å². The van der Waals surface area contributed by atoms with Gasteiger partial charge in [0.2, 0.25) is 0 Å². The van der Waals surface area contributed by atoms with E-state index in [1.54, 1.807) is 6.07 Å². The van der Waals surface area contributed by atoms with Gasteiger partial charge in [-0.2, -0.15) is 0 Å². The van der Waals surface area contributed by atoms with Crippen molar-refractivity contribution in [2.24, 2.45) is 0 Å². The Labute approximate surface area is 95.5 Å². The molecule has 90 valence electrons. The van der Waals surface area contributed by atoms with E-state index >= 15 is 0 Å². The summed E-state index contributed by atoms with van der Waals surface area (Å²) in [5.74, 6) is 0.125. The van der Waals surface area contributed by atoms with Gasteiger partial charge in [-0.3, -0.25) is 5.73 Å². The SMILES string of the molecule is CC(C)(C)NC[C@H](O)c1ccc(N)[n+]([O-])c1. The van der Waals surface area contributed by atoms with Crippen molar-refractivity contribution in [2.45, 2.75) is 32.4 Å². The van der Waals surface area contributed by atoms with E-state index in [2.05, 4.69) is 5.32 Å². The van der Waals surface area contributed by atoms with Crippen molar-refractivity contribution in [2.75, 3.05) is 12.3 Å². The van der Waals surface area contributed by atoms with Gasteiger partial charge < -0.3 is 15.6 Å². The van der Waals surface area contributed by atoms with Gasteiger partial charge in [-0.05, 0) is 26.8 Å². The van der Waals surface area contributed by atoms with Gasteiger partial charge in [-0.1, -0.05) is 0 Å².